The third kappa shape index (κ3) is 1.76. The molecule has 0 fully saturated rings. The Morgan fingerprint density at radius 1 is 1.18 bits per heavy atom. The minimum Gasteiger partial charge on any atom is -0.477 e. The molecule has 1 heterocycles. The molecule has 17 heavy (non-hydrogen) atoms. The molecule has 0 aromatic heterocycles. The number of carbonyl (C=O) groups is 1. The van der Waals surface area contributed by atoms with Gasteiger partial charge in [0.25, 0.3) is 0 Å². The van der Waals surface area contributed by atoms with E-state index in [1.165, 1.54) is 18.2 Å². The Labute approximate surface area is 96.6 Å². The molecule has 1 aliphatic heterocycles. The highest BCUT2D eigenvalue weighted by atomic mass is 32.2. The molecule has 1 aromatic rings. The molecule has 0 unspecified atom stereocenters. The van der Waals surface area contributed by atoms with Crippen LogP contribution in [0.4, 0.5) is 4.39 Å². The molecule has 0 spiro atoms. The molecule has 0 aliphatic carbocycles. The van der Waals surface area contributed by atoms with Crippen LogP contribution in [0.25, 0.3) is 4.91 Å². The smallest absolute Gasteiger partial charge is 0.347 e. The van der Waals surface area contributed by atoms with E-state index in [0.29, 0.717) is 0 Å². The second-order valence-electron chi connectivity index (χ2n) is 3.35. The summed E-state index contributed by atoms with van der Waals surface area (Å²) in [7, 11) is -4.12. The molecule has 0 atom stereocenters. The van der Waals surface area contributed by atoms with Crippen molar-refractivity contribution in [1.82, 2.24) is 0 Å². The predicted octanol–water partition coefficient (Wildman–Crippen LogP) is 1.56. The van der Waals surface area contributed by atoms with E-state index >= 15 is 0 Å². The van der Waals surface area contributed by atoms with Gasteiger partial charge in [0.15, 0.2) is 4.91 Å². The largest absolute Gasteiger partial charge is 0.477 e. The highest BCUT2D eigenvalue weighted by Crippen LogP contribution is 2.33. The number of benzene rings is 1. The molecular formula is C11H7FO4S. The number of halogens is 1. The summed E-state index contributed by atoms with van der Waals surface area (Å²) in [4.78, 5) is 9.64. The monoisotopic (exact) mass is 254 g/mol. The normalized spacial score (nSPS) is 17.5. The van der Waals surface area contributed by atoms with Crippen molar-refractivity contribution in [2.45, 2.75) is 0 Å². The van der Waals surface area contributed by atoms with Gasteiger partial charge in [-0.1, -0.05) is 18.2 Å². The van der Waals surface area contributed by atoms with Crippen LogP contribution in [-0.4, -0.2) is 19.5 Å². The number of hydrogen-bond acceptors (Lipinski definition) is 3. The van der Waals surface area contributed by atoms with Crippen LogP contribution < -0.4 is 0 Å². The third-order valence-corrected chi connectivity index (χ3v) is 4.14. The molecule has 0 saturated heterocycles. The van der Waals surface area contributed by atoms with Crippen molar-refractivity contribution in [1.29, 1.82) is 0 Å². The van der Waals surface area contributed by atoms with Crippen LogP contribution in [0.15, 0.2) is 41.3 Å². The quantitative estimate of drug-likeness (QED) is 0.869. The fraction of sp³-hybridized carbons (Fsp3) is 0. The van der Waals surface area contributed by atoms with Gasteiger partial charge >= 0.3 is 5.97 Å². The number of rotatable bonds is 2. The molecule has 1 aliphatic rings. The number of carboxylic acids is 1. The highest BCUT2D eigenvalue weighted by Gasteiger charge is 2.34. The van der Waals surface area contributed by atoms with Gasteiger partial charge in [-0.3, -0.25) is 0 Å². The van der Waals surface area contributed by atoms with E-state index in [-0.39, 0.29) is 10.5 Å². The number of aliphatic carboxylic acids is 1. The van der Waals surface area contributed by atoms with Crippen LogP contribution in [0.5, 0.6) is 0 Å². The fourth-order valence-corrected chi connectivity index (χ4v) is 2.95. The predicted molar refractivity (Wildman–Crippen MR) is 59.0 cm³/mol. The van der Waals surface area contributed by atoms with Gasteiger partial charge in [-0.15, -0.1) is 0 Å². The maximum absolute atomic E-state index is 13.4. The fourth-order valence-electron chi connectivity index (χ4n) is 1.53. The van der Waals surface area contributed by atoms with Crippen LogP contribution in [0.1, 0.15) is 5.56 Å². The molecular weight excluding hydrogens is 247 g/mol. The second kappa shape index (κ2) is 3.81. The van der Waals surface area contributed by atoms with E-state index in [0.717, 1.165) is 18.2 Å². The number of allylic oxidation sites excluding steroid dienone is 2. The average Bonchev–Trinajstić information content (AvgIpc) is 2.54. The lowest BCUT2D eigenvalue weighted by molar-refractivity contribution is -0.131. The van der Waals surface area contributed by atoms with Crippen molar-refractivity contribution in [3.63, 3.8) is 0 Å². The van der Waals surface area contributed by atoms with Crippen LogP contribution in [0.2, 0.25) is 0 Å². The molecule has 1 N–H and O–H groups in total. The molecule has 1 aromatic carbocycles. The molecule has 0 amide bonds. The van der Waals surface area contributed by atoms with Crippen LogP contribution in [-0.2, 0) is 14.6 Å². The zero-order valence-corrected chi connectivity index (χ0v) is 9.24. The zero-order chi connectivity index (χ0) is 12.6. The van der Waals surface area contributed by atoms with E-state index < -0.39 is 26.5 Å². The summed E-state index contributed by atoms with van der Waals surface area (Å²) in [6.45, 7) is 0. The first-order chi connectivity index (χ1) is 7.94. The Morgan fingerprint density at radius 2 is 1.82 bits per heavy atom. The first-order valence-electron chi connectivity index (χ1n) is 4.60. The molecule has 88 valence electrons. The summed E-state index contributed by atoms with van der Waals surface area (Å²) in [5.74, 6) is -2.25. The van der Waals surface area contributed by atoms with Gasteiger partial charge in [0.1, 0.15) is 5.82 Å². The van der Waals surface area contributed by atoms with Crippen molar-refractivity contribution >= 4 is 20.7 Å². The van der Waals surface area contributed by atoms with E-state index in [2.05, 4.69) is 0 Å². The molecule has 0 saturated carbocycles. The minimum atomic E-state index is -4.12. The first-order valence-corrected chi connectivity index (χ1v) is 6.08. The standard InChI is InChI=1S/C11H7FO4S/c12-8-4-2-1-3-7(8)9-5-6-10(11(13)14)17(9,15)16/h1-6H,(H,13,14). The summed E-state index contributed by atoms with van der Waals surface area (Å²) in [6, 6.07) is 5.31. The van der Waals surface area contributed by atoms with Gasteiger partial charge in [-0.25, -0.2) is 17.6 Å². The summed E-state index contributed by atoms with van der Waals surface area (Å²) in [5, 5.41) is 8.71. The highest BCUT2D eigenvalue weighted by molar-refractivity contribution is 8.05. The van der Waals surface area contributed by atoms with E-state index in [1.807, 2.05) is 0 Å². The second-order valence-corrected chi connectivity index (χ2v) is 5.24. The van der Waals surface area contributed by atoms with Crippen LogP contribution in [0.3, 0.4) is 0 Å². The minimum absolute atomic E-state index is 0.125. The number of sulfone groups is 1. The van der Waals surface area contributed by atoms with Crippen molar-refractivity contribution in [2.75, 3.05) is 0 Å². The Bertz CT molecular complexity index is 656. The molecule has 2 rings (SSSR count). The number of carboxylic acid groups (broad SMARTS) is 1. The van der Waals surface area contributed by atoms with E-state index in [9.17, 15) is 17.6 Å². The lowest BCUT2D eigenvalue weighted by atomic mass is 10.2. The Hall–Kier alpha value is -1.95. The summed E-state index contributed by atoms with van der Waals surface area (Å²) in [5.41, 5.74) is -0.125. The van der Waals surface area contributed by atoms with E-state index in [4.69, 9.17) is 5.11 Å². The summed E-state index contributed by atoms with van der Waals surface area (Å²) >= 11 is 0. The lowest BCUT2D eigenvalue weighted by Crippen LogP contribution is -2.11. The Morgan fingerprint density at radius 3 is 2.35 bits per heavy atom. The molecule has 6 heteroatoms. The summed E-state index contributed by atoms with van der Waals surface area (Å²) in [6.07, 6.45) is 2.05. The van der Waals surface area contributed by atoms with Gasteiger partial charge in [0.05, 0.1) is 4.91 Å². The van der Waals surface area contributed by atoms with Crippen LogP contribution >= 0.6 is 0 Å². The van der Waals surface area contributed by atoms with Crippen molar-refractivity contribution in [2.24, 2.45) is 0 Å². The van der Waals surface area contributed by atoms with Gasteiger partial charge in [0, 0.05) is 5.56 Å². The zero-order valence-electron chi connectivity index (χ0n) is 8.42. The lowest BCUT2D eigenvalue weighted by Gasteiger charge is -2.05. The average molecular weight is 254 g/mol. The van der Waals surface area contributed by atoms with Crippen molar-refractivity contribution in [3.8, 4) is 0 Å². The van der Waals surface area contributed by atoms with Crippen molar-refractivity contribution < 1.29 is 22.7 Å². The SMILES string of the molecule is O=C(O)C1=CC=C(c2ccccc2F)S1(=O)=O. The first kappa shape index (κ1) is 11.5. The molecule has 0 radical (unpaired) electrons. The van der Waals surface area contributed by atoms with E-state index in [1.54, 1.807) is 0 Å². The van der Waals surface area contributed by atoms with Gasteiger partial charge in [0.2, 0.25) is 9.84 Å². The summed E-state index contributed by atoms with van der Waals surface area (Å²) < 4.78 is 37.0. The van der Waals surface area contributed by atoms with Gasteiger partial charge < -0.3 is 5.11 Å². The number of hydrogen-bond donors (Lipinski definition) is 1. The van der Waals surface area contributed by atoms with Gasteiger partial charge in [-0.05, 0) is 18.2 Å². The molecule has 0 bridgehead atoms. The maximum Gasteiger partial charge on any atom is 0.347 e. The molecule has 4 nitrogen and oxygen atoms in total. The van der Waals surface area contributed by atoms with Crippen LogP contribution in [0, 0.1) is 5.82 Å². The Kier molecular flexibility index (Phi) is 2.59. The third-order valence-electron chi connectivity index (χ3n) is 2.32. The maximum atomic E-state index is 13.4. The van der Waals surface area contributed by atoms with Gasteiger partial charge in [-0.2, -0.15) is 0 Å². The Balaban J connectivity index is 2.55. The van der Waals surface area contributed by atoms with Crippen molar-refractivity contribution in [3.05, 3.63) is 52.7 Å². The topological polar surface area (TPSA) is 71.4 Å².